The highest BCUT2D eigenvalue weighted by atomic mass is 32.2. The fourth-order valence-electron chi connectivity index (χ4n) is 4.38. The molecule has 0 radical (unpaired) electrons. The lowest BCUT2D eigenvalue weighted by molar-refractivity contribution is -0.141. The Labute approximate surface area is 221 Å². The van der Waals surface area contributed by atoms with Gasteiger partial charge in [0.05, 0.1) is 30.3 Å². The highest BCUT2D eigenvalue weighted by Gasteiger charge is 2.41. The molecule has 8 nitrogen and oxygen atoms in total. The number of ether oxygens (including phenoxy) is 2. The summed E-state index contributed by atoms with van der Waals surface area (Å²) in [4.78, 5) is 37.3. The average molecular weight is 521 g/mol. The number of aromatic nitrogens is 1. The number of carbonyl (C=O) groups is 2. The number of thioether (sulfide) groups is 1. The molecule has 0 bridgehead atoms. The van der Waals surface area contributed by atoms with Crippen LogP contribution in [0, 0.1) is 13.8 Å². The molecule has 1 N–H and O–H groups in total. The fraction of sp³-hybridized carbons (Fsp3) is 0.357. The van der Waals surface area contributed by atoms with E-state index in [1.165, 1.54) is 11.8 Å². The van der Waals surface area contributed by atoms with Crippen molar-refractivity contribution < 1.29 is 19.1 Å². The molecule has 3 heterocycles. The van der Waals surface area contributed by atoms with Gasteiger partial charge in [0, 0.05) is 37.7 Å². The van der Waals surface area contributed by atoms with Crippen molar-refractivity contribution in [3.05, 3.63) is 87.4 Å². The molecule has 2 aromatic rings. The highest BCUT2D eigenvalue weighted by Crippen LogP contribution is 2.45. The predicted molar refractivity (Wildman–Crippen MR) is 145 cm³/mol. The molecule has 0 spiro atoms. The van der Waals surface area contributed by atoms with Crippen molar-refractivity contribution in [2.75, 3.05) is 26.9 Å². The van der Waals surface area contributed by atoms with Gasteiger partial charge in [-0.15, -0.1) is 0 Å². The fourth-order valence-corrected chi connectivity index (χ4v) is 5.34. The van der Waals surface area contributed by atoms with Crippen LogP contribution >= 0.6 is 11.8 Å². The quantitative estimate of drug-likeness (QED) is 0.371. The van der Waals surface area contributed by atoms with Gasteiger partial charge < -0.3 is 19.7 Å². The zero-order valence-corrected chi connectivity index (χ0v) is 22.4. The topological polar surface area (TPSA) is 93.1 Å². The molecule has 9 heteroatoms. The van der Waals surface area contributed by atoms with Crippen LogP contribution in [0.5, 0.6) is 0 Å². The molecule has 37 heavy (non-hydrogen) atoms. The molecule has 0 saturated carbocycles. The minimum absolute atomic E-state index is 0.0979. The number of benzene rings is 1. The number of methoxy groups -OCH3 is 1. The molecule has 1 aromatic heterocycles. The van der Waals surface area contributed by atoms with E-state index in [1.807, 2.05) is 55.3 Å². The number of aliphatic imine (C=N–C) groups is 1. The van der Waals surface area contributed by atoms with Gasteiger partial charge in [0.25, 0.3) is 0 Å². The third-order valence-corrected chi connectivity index (χ3v) is 7.13. The van der Waals surface area contributed by atoms with Crippen molar-refractivity contribution in [3.63, 3.8) is 0 Å². The first-order valence-corrected chi connectivity index (χ1v) is 13.1. The van der Waals surface area contributed by atoms with E-state index in [9.17, 15) is 9.59 Å². The van der Waals surface area contributed by atoms with E-state index in [0.29, 0.717) is 30.8 Å². The summed E-state index contributed by atoms with van der Waals surface area (Å²) in [6.07, 6.45) is 2.57. The summed E-state index contributed by atoms with van der Waals surface area (Å²) in [6.45, 7) is 6.84. The summed E-state index contributed by atoms with van der Waals surface area (Å²) in [5.41, 5.74) is 5.91. The monoisotopic (exact) mass is 520 g/mol. The van der Waals surface area contributed by atoms with Gasteiger partial charge in [-0.25, -0.2) is 9.79 Å². The second-order valence-electron chi connectivity index (χ2n) is 8.98. The summed E-state index contributed by atoms with van der Waals surface area (Å²) in [7, 11) is 1.56. The highest BCUT2D eigenvalue weighted by molar-refractivity contribution is 8.16. The van der Waals surface area contributed by atoms with Gasteiger partial charge in [0.15, 0.2) is 5.17 Å². The van der Waals surface area contributed by atoms with Crippen molar-refractivity contribution in [1.82, 2.24) is 15.2 Å². The lowest BCUT2D eigenvalue weighted by Crippen LogP contribution is -2.38. The number of fused-ring (bicyclic) bond motifs is 1. The average Bonchev–Trinajstić information content (AvgIpc) is 3.27. The Morgan fingerprint density at radius 2 is 1.97 bits per heavy atom. The second-order valence-corrected chi connectivity index (χ2v) is 9.82. The lowest BCUT2D eigenvalue weighted by atomic mass is 9.90. The molecule has 0 aliphatic carbocycles. The van der Waals surface area contributed by atoms with Gasteiger partial charge in [0.2, 0.25) is 5.91 Å². The molecule has 0 saturated heterocycles. The Morgan fingerprint density at radius 1 is 1.14 bits per heavy atom. The molecular formula is C28H32N4O4S. The SMILES string of the molecule is COCCOC(=O)C1=C(C)N=C2SC=C(CC(=O)NCCc3ccccn3)N2C1c1cc(C)ccc1C. The Kier molecular flexibility index (Phi) is 8.78. The number of nitrogens with one attached hydrogen (secondary N) is 1. The summed E-state index contributed by atoms with van der Waals surface area (Å²) in [5, 5.41) is 5.68. The van der Waals surface area contributed by atoms with Gasteiger partial charge in [-0.2, -0.15) is 0 Å². The number of amides is 1. The van der Waals surface area contributed by atoms with Crippen LogP contribution < -0.4 is 5.32 Å². The maximum absolute atomic E-state index is 13.3. The number of pyridine rings is 1. The number of nitrogens with zero attached hydrogens (tertiary/aromatic N) is 3. The number of amidine groups is 1. The molecule has 194 valence electrons. The largest absolute Gasteiger partial charge is 0.460 e. The Hall–Kier alpha value is -3.43. The van der Waals surface area contributed by atoms with Gasteiger partial charge in [-0.05, 0) is 49.4 Å². The van der Waals surface area contributed by atoms with Crippen LogP contribution in [0.1, 0.15) is 41.8 Å². The first kappa shape index (κ1) is 26.6. The van der Waals surface area contributed by atoms with Gasteiger partial charge in [0.1, 0.15) is 6.61 Å². The zero-order chi connectivity index (χ0) is 26.4. The maximum Gasteiger partial charge on any atom is 0.338 e. The minimum Gasteiger partial charge on any atom is -0.460 e. The first-order chi connectivity index (χ1) is 17.9. The third kappa shape index (κ3) is 6.29. The zero-order valence-electron chi connectivity index (χ0n) is 21.6. The number of aryl methyl sites for hydroxylation is 2. The number of allylic oxidation sites excluding steroid dienone is 1. The molecule has 2 aliphatic heterocycles. The van der Waals surface area contributed by atoms with Gasteiger partial charge in [-0.3, -0.25) is 9.78 Å². The molecular weight excluding hydrogens is 488 g/mol. The van der Waals surface area contributed by atoms with E-state index in [2.05, 4.69) is 22.4 Å². The van der Waals surface area contributed by atoms with Crippen molar-refractivity contribution in [2.45, 2.75) is 39.7 Å². The lowest BCUT2D eigenvalue weighted by Gasteiger charge is -2.37. The predicted octanol–water partition coefficient (Wildman–Crippen LogP) is 4.21. The van der Waals surface area contributed by atoms with Crippen LogP contribution in [0.4, 0.5) is 0 Å². The van der Waals surface area contributed by atoms with E-state index >= 15 is 0 Å². The third-order valence-electron chi connectivity index (χ3n) is 6.24. The smallest absolute Gasteiger partial charge is 0.338 e. The van der Waals surface area contributed by atoms with Crippen LogP contribution in [0.3, 0.4) is 0 Å². The van der Waals surface area contributed by atoms with Crippen molar-refractivity contribution >= 4 is 28.8 Å². The van der Waals surface area contributed by atoms with Crippen molar-refractivity contribution in [3.8, 4) is 0 Å². The minimum atomic E-state index is -0.454. The van der Waals surface area contributed by atoms with Gasteiger partial charge in [-0.1, -0.05) is 41.6 Å². The summed E-state index contributed by atoms with van der Waals surface area (Å²) < 4.78 is 10.6. The number of hydrogen-bond acceptors (Lipinski definition) is 8. The number of esters is 1. The second kappa shape index (κ2) is 12.2. The molecule has 1 atom stereocenters. The van der Waals surface area contributed by atoms with Crippen LogP contribution in [-0.4, -0.2) is 53.8 Å². The number of rotatable bonds is 10. The number of carbonyl (C=O) groups excluding carboxylic acids is 2. The Morgan fingerprint density at radius 3 is 2.73 bits per heavy atom. The van der Waals surface area contributed by atoms with E-state index in [4.69, 9.17) is 14.5 Å². The molecule has 4 rings (SSSR count). The van der Waals surface area contributed by atoms with Crippen LogP contribution in [0.2, 0.25) is 0 Å². The standard InChI is InChI=1S/C28H32N4O4S/c1-18-8-9-19(2)23(15-18)26-25(27(34)36-14-13-35-4)20(3)31-28-32(26)22(17-37-28)16-24(33)30-12-10-21-7-5-6-11-29-21/h5-9,11,15,17,26H,10,12-14,16H2,1-4H3,(H,30,33). The van der Waals surface area contributed by atoms with Crippen molar-refractivity contribution in [1.29, 1.82) is 0 Å². The van der Waals surface area contributed by atoms with E-state index in [1.54, 1.807) is 13.3 Å². The molecule has 2 aliphatic rings. The normalized spacial score (nSPS) is 16.8. The van der Waals surface area contributed by atoms with Crippen LogP contribution in [0.25, 0.3) is 0 Å². The Balaban J connectivity index is 1.58. The maximum atomic E-state index is 13.3. The molecule has 0 fully saturated rings. The number of hydrogen-bond donors (Lipinski definition) is 1. The van der Waals surface area contributed by atoms with Crippen LogP contribution in [-0.2, 0) is 25.5 Å². The summed E-state index contributed by atoms with van der Waals surface area (Å²) in [5.74, 6) is -0.529. The molecule has 1 unspecified atom stereocenters. The van der Waals surface area contributed by atoms with E-state index in [0.717, 1.165) is 33.2 Å². The van der Waals surface area contributed by atoms with Gasteiger partial charge >= 0.3 is 5.97 Å². The Bertz CT molecular complexity index is 1260. The first-order valence-electron chi connectivity index (χ1n) is 12.2. The van der Waals surface area contributed by atoms with E-state index in [-0.39, 0.29) is 18.9 Å². The summed E-state index contributed by atoms with van der Waals surface area (Å²) >= 11 is 1.46. The molecule has 1 amide bonds. The van der Waals surface area contributed by atoms with Crippen molar-refractivity contribution in [2.24, 2.45) is 4.99 Å². The van der Waals surface area contributed by atoms with E-state index < -0.39 is 12.0 Å². The molecule has 1 aromatic carbocycles. The van der Waals surface area contributed by atoms with Crippen LogP contribution in [0.15, 0.2) is 70.0 Å². The summed E-state index contributed by atoms with van der Waals surface area (Å²) in [6, 6.07) is 11.5.